The Hall–Kier alpha value is -4.36. The van der Waals surface area contributed by atoms with E-state index in [-0.39, 0.29) is 10.6 Å². The van der Waals surface area contributed by atoms with E-state index < -0.39 is 15.9 Å². The largest absolute Gasteiger partial charge is 0.457 e. The number of benzene rings is 3. The first kappa shape index (κ1) is 22.3. The standard InChI is InChI=1S/C22H20N6O3S/c1-15-7-8-17(26-27-20(14-23)22(24)25)13-21(15)32(29,30)28-16-9-11-19(12-10-16)31-18-5-3-2-4-6-18/h2-13,26,28H,1H3,(H3,24,25)/b27-20+. The van der Waals surface area contributed by atoms with E-state index in [1.54, 1.807) is 49.4 Å². The molecule has 0 saturated heterocycles. The fraction of sp³-hybridized carbons (Fsp3) is 0.0455. The van der Waals surface area contributed by atoms with Gasteiger partial charge in [0.05, 0.1) is 10.6 Å². The number of nitrogens with zero attached hydrogens (tertiary/aromatic N) is 2. The third-order valence-electron chi connectivity index (χ3n) is 4.22. The lowest BCUT2D eigenvalue weighted by molar-refractivity contribution is 0.483. The van der Waals surface area contributed by atoms with Crippen molar-refractivity contribution in [1.82, 2.24) is 0 Å². The Labute approximate surface area is 185 Å². The number of hydrazone groups is 1. The smallest absolute Gasteiger partial charge is 0.262 e. The Morgan fingerprint density at radius 3 is 2.28 bits per heavy atom. The second-order valence-corrected chi connectivity index (χ2v) is 8.27. The first-order chi connectivity index (χ1) is 15.3. The SMILES string of the molecule is Cc1ccc(N/N=C(\C#N)C(=N)N)cc1S(=O)(=O)Nc1ccc(Oc2ccccc2)cc1. The molecule has 32 heavy (non-hydrogen) atoms. The highest BCUT2D eigenvalue weighted by atomic mass is 32.2. The first-order valence-corrected chi connectivity index (χ1v) is 10.8. The first-order valence-electron chi connectivity index (χ1n) is 9.33. The predicted molar refractivity (Wildman–Crippen MR) is 124 cm³/mol. The number of nitrogens with one attached hydrogen (secondary N) is 3. The van der Waals surface area contributed by atoms with Gasteiger partial charge in [-0.3, -0.25) is 15.6 Å². The van der Waals surface area contributed by atoms with Crippen molar-refractivity contribution < 1.29 is 13.2 Å². The highest BCUT2D eigenvalue weighted by Crippen LogP contribution is 2.26. The number of nitrogens with two attached hydrogens (primary N) is 1. The Morgan fingerprint density at radius 1 is 1.03 bits per heavy atom. The summed E-state index contributed by atoms with van der Waals surface area (Å²) in [5.74, 6) is 0.743. The topological polar surface area (TPSA) is 153 Å². The van der Waals surface area contributed by atoms with E-state index in [0.29, 0.717) is 28.4 Å². The molecule has 0 unspecified atom stereocenters. The maximum absolute atomic E-state index is 12.9. The average molecular weight is 449 g/mol. The highest BCUT2D eigenvalue weighted by Gasteiger charge is 2.18. The van der Waals surface area contributed by atoms with Crippen LogP contribution in [-0.2, 0) is 10.0 Å². The maximum atomic E-state index is 12.9. The quantitative estimate of drug-likeness (QED) is 0.233. The lowest BCUT2D eigenvalue weighted by atomic mass is 10.2. The summed E-state index contributed by atoms with van der Waals surface area (Å²) in [6.45, 7) is 1.66. The minimum Gasteiger partial charge on any atom is -0.457 e. The zero-order valence-electron chi connectivity index (χ0n) is 17.0. The van der Waals surface area contributed by atoms with Gasteiger partial charge in [-0.15, -0.1) is 0 Å². The van der Waals surface area contributed by atoms with Crippen LogP contribution >= 0.6 is 0 Å². The summed E-state index contributed by atoms with van der Waals surface area (Å²) >= 11 is 0. The van der Waals surface area contributed by atoms with Crippen molar-refractivity contribution in [2.45, 2.75) is 11.8 Å². The molecule has 0 spiro atoms. The van der Waals surface area contributed by atoms with Crippen LogP contribution in [0.1, 0.15) is 5.56 Å². The highest BCUT2D eigenvalue weighted by molar-refractivity contribution is 7.92. The van der Waals surface area contributed by atoms with Crippen LogP contribution in [-0.4, -0.2) is 20.0 Å². The number of anilines is 2. The number of nitriles is 1. The summed E-state index contributed by atoms with van der Waals surface area (Å²) in [7, 11) is -3.91. The van der Waals surface area contributed by atoms with Gasteiger partial charge in [0.1, 0.15) is 17.6 Å². The number of aryl methyl sites for hydroxylation is 1. The third kappa shape index (κ3) is 5.62. The average Bonchev–Trinajstić information content (AvgIpc) is 2.77. The summed E-state index contributed by atoms with van der Waals surface area (Å²) in [6, 6.07) is 22.0. The van der Waals surface area contributed by atoms with Gasteiger partial charge in [-0.1, -0.05) is 24.3 Å². The van der Waals surface area contributed by atoms with Gasteiger partial charge in [-0.05, 0) is 61.0 Å². The zero-order chi connectivity index (χ0) is 23.1. The number of sulfonamides is 1. The minimum atomic E-state index is -3.91. The van der Waals surface area contributed by atoms with Gasteiger partial charge in [0.2, 0.25) is 5.71 Å². The van der Waals surface area contributed by atoms with E-state index in [1.807, 2.05) is 30.3 Å². The molecule has 9 nitrogen and oxygen atoms in total. The molecule has 3 aromatic rings. The molecule has 0 amide bonds. The monoisotopic (exact) mass is 448 g/mol. The number of hydrogen-bond acceptors (Lipinski definition) is 7. The molecule has 0 bridgehead atoms. The molecule has 162 valence electrons. The van der Waals surface area contributed by atoms with E-state index in [0.717, 1.165) is 0 Å². The van der Waals surface area contributed by atoms with Crippen molar-refractivity contribution in [3.05, 3.63) is 78.4 Å². The van der Waals surface area contributed by atoms with Crippen molar-refractivity contribution in [3.63, 3.8) is 0 Å². The van der Waals surface area contributed by atoms with Crippen LogP contribution in [0.4, 0.5) is 11.4 Å². The van der Waals surface area contributed by atoms with Gasteiger partial charge in [-0.2, -0.15) is 10.4 Å². The lowest BCUT2D eigenvalue weighted by Crippen LogP contribution is -2.22. The molecular weight excluding hydrogens is 428 g/mol. The Morgan fingerprint density at radius 2 is 1.66 bits per heavy atom. The van der Waals surface area contributed by atoms with Crippen LogP contribution in [0.25, 0.3) is 0 Å². The molecule has 0 aliphatic rings. The maximum Gasteiger partial charge on any atom is 0.262 e. The van der Waals surface area contributed by atoms with Gasteiger partial charge in [-0.25, -0.2) is 8.42 Å². The number of hydrogen-bond donors (Lipinski definition) is 4. The zero-order valence-corrected chi connectivity index (χ0v) is 17.8. The summed E-state index contributed by atoms with van der Waals surface area (Å²) in [4.78, 5) is 0.0312. The van der Waals surface area contributed by atoms with Crippen LogP contribution in [0.3, 0.4) is 0 Å². The van der Waals surface area contributed by atoms with Crippen molar-refractivity contribution in [2.75, 3.05) is 10.1 Å². The van der Waals surface area contributed by atoms with Crippen molar-refractivity contribution in [3.8, 4) is 17.6 Å². The van der Waals surface area contributed by atoms with E-state index in [1.165, 1.54) is 6.07 Å². The molecule has 0 atom stereocenters. The summed E-state index contributed by atoms with van der Waals surface area (Å²) < 4.78 is 34.1. The summed E-state index contributed by atoms with van der Waals surface area (Å²) in [5.41, 5.74) is 8.68. The molecule has 0 aliphatic heterocycles. The molecule has 0 saturated carbocycles. The second kappa shape index (κ2) is 9.63. The molecule has 0 radical (unpaired) electrons. The Bertz CT molecular complexity index is 1300. The molecule has 3 rings (SSSR count). The fourth-order valence-electron chi connectivity index (χ4n) is 2.65. The van der Waals surface area contributed by atoms with Crippen molar-refractivity contribution in [2.24, 2.45) is 10.8 Å². The van der Waals surface area contributed by atoms with Gasteiger partial charge >= 0.3 is 0 Å². The molecule has 0 aliphatic carbocycles. The van der Waals surface area contributed by atoms with Crippen LogP contribution < -0.4 is 20.6 Å². The summed E-state index contributed by atoms with van der Waals surface area (Å²) in [6.07, 6.45) is 0. The lowest BCUT2D eigenvalue weighted by Gasteiger charge is -2.13. The Kier molecular flexibility index (Phi) is 6.72. The van der Waals surface area contributed by atoms with E-state index in [4.69, 9.17) is 21.1 Å². The molecule has 0 fully saturated rings. The minimum absolute atomic E-state index is 0.0312. The van der Waals surface area contributed by atoms with E-state index >= 15 is 0 Å². The number of amidine groups is 1. The van der Waals surface area contributed by atoms with Gasteiger partial charge in [0.25, 0.3) is 10.0 Å². The molecule has 0 heterocycles. The van der Waals surface area contributed by atoms with Gasteiger partial charge < -0.3 is 10.5 Å². The van der Waals surface area contributed by atoms with E-state index in [2.05, 4.69) is 15.2 Å². The molecule has 10 heteroatoms. The molecule has 3 aromatic carbocycles. The second-order valence-electron chi connectivity index (χ2n) is 6.62. The number of para-hydroxylation sites is 1. The Balaban J connectivity index is 1.77. The third-order valence-corrected chi connectivity index (χ3v) is 5.74. The fourth-order valence-corrected chi connectivity index (χ4v) is 3.98. The molecule has 0 aromatic heterocycles. The normalized spacial score (nSPS) is 11.3. The van der Waals surface area contributed by atoms with Crippen molar-refractivity contribution >= 4 is 32.9 Å². The number of ether oxygens (including phenoxy) is 1. The predicted octanol–water partition coefficient (Wildman–Crippen LogP) is 3.82. The van der Waals surface area contributed by atoms with Crippen LogP contribution in [0.5, 0.6) is 11.5 Å². The molecular formula is C22H20N6O3S. The van der Waals surface area contributed by atoms with Crippen molar-refractivity contribution in [1.29, 1.82) is 10.7 Å². The van der Waals surface area contributed by atoms with Gasteiger partial charge in [0.15, 0.2) is 5.84 Å². The van der Waals surface area contributed by atoms with Crippen LogP contribution in [0.15, 0.2) is 82.8 Å². The summed E-state index contributed by atoms with van der Waals surface area (Å²) in [5, 5.41) is 19.9. The van der Waals surface area contributed by atoms with Crippen LogP contribution in [0, 0.1) is 23.7 Å². The van der Waals surface area contributed by atoms with E-state index in [9.17, 15) is 8.42 Å². The number of rotatable bonds is 8. The van der Waals surface area contributed by atoms with Crippen LogP contribution in [0.2, 0.25) is 0 Å². The van der Waals surface area contributed by atoms with Gasteiger partial charge in [0, 0.05) is 5.69 Å². The molecule has 5 N–H and O–H groups in total.